The summed E-state index contributed by atoms with van der Waals surface area (Å²) in [5.74, 6) is 0.569. The lowest BCUT2D eigenvalue weighted by Gasteiger charge is -2.23. The molecule has 0 radical (unpaired) electrons. The second-order valence-corrected chi connectivity index (χ2v) is 5.47. The number of ether oxygens (including phenoxy) is 1. The average Bonchev–Trinajstić information content (AvgIpc) is 2.82. The molecule has 0 aromatic heterocycles. The van der Waals surface area contributed by atoms with Crippen molar-refractivity contribution in [2.24, 2.45) is 11.7 Å². The molecule has 18 heavy (non-hydrogen) atoms. The van der Waals surface area contributed by atoms with Crippen LogP contribution in [0.25, 0.3) is 0 Å². The average molecular weight is 247 g/mol. The van der Waals surface area contributed by atoms with Gasteiger partial charge in [-0.2, -0.15) is 0 Å². The molecule has 1 heterocycles. The number of nitrogens with two attached hydrogens (primary N) is 1. The van der Waals surface area contributed by atoms with E-state index < -0.39 is 0 Å². The van der Waals surface area contributed by atoms with E-state index in [4.69, 9.17) is 10.5 Å². The van der Waals surface area contributed by atoms with Crippen molar-refractivity contribution in [3.63, 3.8) is 0 Å². The van der Waals surface area contributed by atoms with Gasteiger partial charge in [0.15, 0.2) is 0 Å². The largest absolute Gasteiger partial charge is 0.376 e. The van der Waals surface area contributed by atoms with Crippen molar-refractivity contribution in [2.45, 2.75) is 51.7 Å². The minimum atomic E-state index is 0.0164. The topological polar surface area (TPSA) is 35.2 Å². The summed E-state index contributed by atoms with van der Waals surface area (Å²) in [7, 11) is 0. The summed E-state index contributed by atoms with van der Waals surface area (Å²) in [5.41, 5.74) is 8.93. The first kappa shape index (κ1) is 13.6. The van der Waals surface area contributed by atoms with Crippen LogP contribution >= 0.6 is 0 Å². The van der Waals surface area contributed by atoms with Crippen LogP contribution in [0.15, 0.2) is 24.3 Å². The van der Waals surface area contributed by atoms with Crippen molar-refractivity contribution in [2.75, 3.05) is 6.61 Å². The molecule has 0 spiro atoms. The molecule has 0 amide bonds. The zero-order valence-corrected chi connectivity index (χ0v) is 11.6. The molecule has 0 bridgehead atoms. The standard InChI is InChI=1S/C16H25NO/c1-3-4-5-13-6-8-14(9-7-13)15(17)16-12(2)10-11-18-16/h6-9,12,15-16H,3-5,10-11,17H2,1-2H3. The summed E-state index contributed by atoms with van der Waals surface area (Å²) in [6, 6.07) is 8.78. The smallest absolute Gasteiger partial charge is 0.0793 e. The third-order valence-electron chi connectivity index (χ3n) is 3.98. The van der Waals surface area contributed by atoms with E-state index in [1.165, 1.54) is 30.4 Å². The van der Waals surface area contributed by atoms with E-state index in [2.05, 4.69) is 38.1 Å². The first-order valence-electron chi connectivity index (χ1n) is 7.18. The van der Waals surface area contributed by atoms with Gasteiger partial charge >= 0.3 is 0 Å². The van der Waals surface area contributed by atoms with Crippen molar-refractivity contribution >= 4 is 0 Å². The third-order valence-corrected chi connectivity index (χ3v) is 3.98. The summed E-state index contributed by atoms with van der Waals surface area (Å²) in [5, 5.41) is 0. The number of aryl methyl sites for hydroxylation is 1. The Balaban J connectivity index is 2.00. The zero-order valence-electron chi connectivity index (χ0n) is 11.6. The van der Waals surface area contributed by atoms with E-state index >= 15 is 0 Å². The number of hydrogen-bond acceptors (Lipinski definition) is 2. The van der Waals surface area contributed by atoms with Gasteiger partial charge in [-0.25, -0.2) is 0 Å². The molecule has 100 valence electrons. The fourth-order valence-electron chi connectivity index (χ4n) is 2.65. The van der Waals surface area contributed by atoms with Crippen molar-refractivity contribution in [1.29, 1.82) is 0 Å². The Morgan fingerprint density at radius 3 is 2.61 bits per heavy atom. The van der Waals surface area contributed by atoms with E-state index in [-0.39, 0.29) is 12.1 Å². The van der Waals surface area contributed by atoms with Gasteiger partial charge < -0.3 is 10.5 Å². The van der Waals surface area contributed by atoms with E-state index in [1.54, 1.807) is 0 Å². The van der Waals surface area contributed by atoms with Gasteiger partial charge in [0.1, 0.15) is 0 Å². The predicted molar refractivity (Wildman–Crippen MR) is 75.5 cm³/mol. The molecular weight excluding hydrogens is 222 g/mol. The Bertz CT molecular complexity index is 360. The minimum Gasteiger partial charge on any atom is -0.376 e. The summed E-state index contributed by atoms with van der Waals surface area (Å²) < 4.78 is 5.75. The summed E-state index contributed by atoms with van der Waals surface area (Å²) in [6.07, 6.45) is 4.99. The number of benzene rings is 1. The highest BCUT2D eigenvalue weighted by atomic mass is 16.5. The van der Waals surface area contributed by atoms with Crippen molar-refractivity contribution in [3.8, 4) is 0 Å². The Morgan fingerprint density at radius 1 is 1.33 bits per heavy atom. The Hall–Kier alpha value is -0.860. The molecule has 1 aromatic rings. The van der Waals surface area contributed by atoms with E-state index in [9.17, 15) is 0 Å². The van der Waals surface area contributed by atoms with Gasteiger partial charge in [0.2, 0.25) is 0 Å². The van der Waals surface area contributed by atoms with Crippen LogP contribution in [0.1, 0.15) is 50.3 Å². The number of unbranched alkanes of at least 4 members (excludes halogenated alkanes) is 1. The highest BCUT2D eigenvalue weighted by Gasteiger charge is 2.30. The Labute approximate surface area is 111 Å². The van der Waals surface area contributed by atoms with Gasteiger partial charge in [-0.05, 0) is 36.3 Å². The summed E-state index contributed by atoms with van der Waals surface area (Å²) in [6.45, 7) is 5.31. The Kier molecular flexibility index (Phi) is 4.79. The van der Waals surface area contributed by atoms with Gasteiger partial charge in [-0.1, -0.05) is 44.5 Å². The van der Waals surface area contributed by atoms with E-state index in [0.29, 0.717) is 5.92 Å². The van der Waals surface area contributed by atoms with Crippen molar-refractivity contribution < 1.29 is 4.74 Å². The lowest BCUT2D eigenvalue weighted by Crippen LogP contribution is -2.29. The monoisotopic (exact) mass is 247 g/mol. The first-order chi connectivity index (χ1) is 8.72. The molecule has 1 fully saturated rings. The first-order valence-corrected chi connectivity index (χ1v) is 7.18. The van der Waals surface area contributed by atoms with Gasteiger partial charge in [-0.15, -0.1) is 0 Å². The molecule has 0 saturated carbocycles. The van der Waals surface area contributed by atoms with Crippen LogP contribution in [0.4, 0.5) is 0 Å². The normalized spacial score (nSPS) is 25.3. The van der Waals surface area contributed by atoms with Gasteiger partial charge in [-0.3, -0.25) is 0 Å². The van der Waals surface area contributed by atoms with Crippen LogP contribution in [0.2, 0.25) is 0 Å². The van der Waals surface area contributed by atoms with Crippen LogP contribution in [-0.4, -0.2) is 12.7 Å². The SMILES string of the molecule is CCCCc1ccc(C(N)C2OCCC2C)cc1. The van der Waals surface area contributed by atoms with Crippen LogP contribution < -0.4 is 5.73 Å². The Morgan fingerprint density at radius 2 is 2.06 bits per heavy atom. The maximum Gasteiger partial charge on any atom is 0.0793 e. The van der Waals surface area contributed by atoms with Gasteiger partial charge in [0.05, 0.1) is 12.1 Å². The molecule has 2 nitrogen and oxygen atoms in total. The van der Waals surface area contributed by atoms with Crippen LogP contribution in [0.5, 0.6) is 0 Å². The van der Waals surface area contributed by atoms with Gasteiger partial charge in [0.25, 0.3) is 0 Å². The molecule has 3 atom stereocenters. The molecule has 1 saturated heterocycles. The lowest BCUT2D eigenvalue weighted by molar-refractivity contribution is 0.0725. The molecule has 2 heteroatoms. The highest BCUT2D eigenvalue weighted by Crippen LogP contribution is 2.29. The fourth-order valence-corrected chi connectivity index (χ4v) is 2.65. The van der Waals surface area contributed by atoms with Crippen LogP contribution in [-0.2, 0) is 11.2 Å². The minimum absolute atomic E-state index is 0.0164. The quantitative estimate of drug-likeness (QED) is 0.865. The maximum absolute atomic E-state index is 6.32. The summed E-state index contributed by atoms with van der Waals surface area (Å²) >= 11 is 0. The molecule has 2 N–H and O–H groups in total. The van der Waals surface area contributed by atoms with Crippen LogP contribution in [0, 0.1) is 5.92 Å². The highest BCUT2D eigenvalue weighted by molar-refractivity contribution is 5.26. The molecule has 1 aliphatic rings. The zero-order chi connectivity index (χ0) is 13.0. The van der Waals surface area contributed by atoms with Gasteiger partial charge in [0, 0.05) is 6.61 Å². The second kappa shape index (κ2) is 6.35. The molecule has 0 aliphatic carbocycles. The van der Waals surface area contributed by atoms with E-state index in [1.807, 2.05) is 0 Å². The molecule has 2 rings (SSSR count). The number of hydrogen-bond donors (Lipinski definition) is 1. The fraction of sp³-hybridized carbons (Fsp3) is 0.625. The second-order valence-electron chi connectivity index (χ2n) is 5.47. The molecular formula is C16H25NO. The van der Waals surface area contributed by atoms with Crippen molar-refractivity contribution in [1.82, 2.24) is 0 Å². The molecule has 3 unspecified atom stereocenters. The van der Waals surface area contributed by atoms with E-state index in [0.717, 1.165) is 13.0 Å². The maximum atomic E-state index is 6.32. The third kappa shape index (κ3) is 3.12. The molecule has 1 aromatic carbocycles. The van der Waals surface area contributed by atoms with Crippen molar-refractivity contribution in [3.05, 3.63) is 35.4 Å². The lowest BCUT2D eigenvalue weighted by atomic mass is 9.92. The molecule has 1 aliphatic heterocycles. The predicted octanol–water partition coefficient (Wildman–Crippen LogP) is 3.45. The summed E-state index contributed by atoms with van der Waals surface area (Å²) in [4.78, 5) is 0. The number of rotatable bonds is 5. The van der Waals surface area contributed by atoms with Crippen LogP contribution in [0.3, 0.4) is 0 Å².